The zero-order valence-corrected chi connectivity index (χ0v) is 6.98. The number of hydrogen-bond donors (Lipinski definition) is 0. The molecule has 0 bridgehead atoms. The van der Waals surface area contributed by atoms with Gasteiger partial charge in [-0.3, -0.25) is 9.83 Å². The molecule has 0 radical (unpaired) electrons. The van der Waals surface area contributed by atoms with E-state index in [2.05, 4.69) is 4.99 Å². The zero-order valence-electron chi connectivity index (χ0n) is 6.98. The fraction of sp³-hybridized carbons (Fsp3) is 0.333. The van der Waals surface area contributed by atoms with Crippen molar-refractivity contribution in [1.29, 1.82) is 0 Å². The molecule has 6 heteroatoms. The minimum atomic E-state index is -1.27. The Labute approximate surface area is 81.8 Å². The molecule has 0 saturated carbocycles. The monoisotopic (exact) mass is 162 g/mol. The molecule has 0 amide bonds. The number of aliphatic carboxylic acids is 1. The molecule has 1 aliphatic heterocycles. The summed E-state index contributed by atoms with van der Waals surface area (Å²) in [4.78, 5) is 18.8. The number of allylic oxidation sites excluding steroid dienone is 1. The van der Waals surface area contributed by atoms with Gasteiger partial charge in [-0.25, -0.2) is 5.06 Å². The fourth-order valence-electron chi connectivity index (χ4n) is 0.730. The molecular formula is C6H7LiN2O3. The first-order chi connectivity index (χ1) is 5.25. The van der Waals surface area contributed by atoms with Gasteiger partial charge in [-0.1, -0.05) is 0 Å². The van der Waals surface area contributed by atoms with Gasteiger partial charge < -0.3 is 9.90 Å². The maximum absolute atomic E-state index is 10.4. The molecule has 0 aromatic rings. The number of carboxylic acid groups (broad SMARTS) is 1. The normalized spacial score (nSPS) is 15.1. The van der Waals surface area contributed by atoms with E-state index < -0.39 is 5.97 Å². The van der Waals surface area contributed by atoms with E-state index in [1.54, 1.807) is 0 Å². The first-order valence-electron chi connectivity index (χ1n) is 2.99. The molecule has 60 valence electrons. The van der Waals surface area contributed by atoms with Crippen molar-refractivity contribution in [3.63, 3.8) is 0 Å². The van der Waals surface area contributed by atoms with Crippen molar-refractivity contribution in [3.05, 3.63) is 11.8 Å². The molecule has 12 heavy (non-hydrogen) atoms. The molecule has 0 unspecified atom stereocenters. The van der Waals surface area contributed by atoms with Crippen molar-refractivity contribution in [2.24, 2.45) is 4.99 Å². The Hall–Kier alpha value is -0.763. The van der Waals surface area contributed by atoms with E-state index in [9.17, 15) is 9.90 Å². The maximum atomic E-state index is 10.4. The van der Waals surface area contributed by atoms with Crippen LogP contribution in [0.4, 0.5) is 0 Å². The first kappa shape index (κ1) is 11.2. The first-order valence-corrected chi connectivity index (χ1v) is 2.99. The summed E-state index contributed by atoms with van der Waals surface area (Å²) in [5.41, 5.74) is -0.0116. The maximum Gasteiger partial charge on any atom is 1.00 e. The minimum Gasteiger partial charge on any atom is -0.543 e. The van der Waals surface area contributed by atoms with Gasteiger partial charge in [-0.2, -0.15) is 0 Å². The molecule has 1 aliphatic rings. The smallest absolute Gasteiger partial charge is 0.543 e. The van der Waals surface area contributed by atoms with Crippen LogP contribution in [0.2, 0.25) is 0 Å². The molecule has 0 spiro atoms. The van der Waals surface area contributed by atoms with E-state index in [-0.39, 0.29) is 31.2 Å². The summed E-state index contributed by atoms with van der Waals surface area (Å²) < 4.78 is 0. The van der Waals surface area contributed by atoms with Crippen LogP contribution in [0.1, 0.15) is 0 Å². The van der Waals surface area contributed by atoms with Crippen LogP contribution in [0.15, 0.2) is 16.8 Å². The molecule has 5 nitrogen and oxygen atoms in total. The van der Waals surface area contributed by atoms with Crippen LogP contribution in [0, 0.1) is 0 Å². The molecule has 0 aromatic carbocycles. The Morgan fingerprint density at radius 1 is 1.83 bits per heavy atom. The van der Waals surface area contributed by atoms with E-state index in [4.69, 9.17) is 4.84 Å². The Morgan fingerprint density at radius 3 is 2.92 bits per heavy atom. The summed E-state index contributed by atoms with van der Waals surface area (Å²) in [6.07, 6.45) is 2.73. The van der Waals surface area contributed by atoms with E-state index in [1.807, 2.05) is 0 Å². The Morgan fingerprint density at radius 2 is 2.50 bits per heavy atom. The number of nitrogens with zero attached hydrogens (tertiary/aromatic N) is 2. The predicted octanol–water partition coefficient (Wildman–Crippen LogP) is -4.47. The summed E-state index contributed by atoms with van der Waals surface area (Å²) >= 11 is 0. The van der Waals surface area contributed by atoms with Gasteiger partial charge in [0.25, 0.3) is 0 Å². The van der Waals surface area contributed by atoms with E-state index in [1.165, 1.54) is 19.4 Å². The van der Waals surface area contributed by atoms with Crippen LogP contribution in [-0.4, -0.2) is 31.0 Å². The minimum absolute atomic E-state index is 0. The molecule has 1 heterocycles. The van der Waals surface area contributed by atoms with Crippen molar-refractivity contribution < 1.29 is 33.6 Å². The number of carbonyl (C=O) groups is 1. The van der Waals surface area contributed by atoms with Crippen molar-refractivity contribution in [2.45, 2.75) is 0 Å². The standard InChI is InChI=1S/C6H8N2O3.Li/c1-11-8-4-7-3-2-5(8)6(9)10;/h2-3H,4H2,1H3,(H,9,10);/q;+1/p-1. The van der Waals surface area contributed by atoms with E-state index in [0.29, 0.717) is 0 Å². The van der Waals surface area contributed by atoms with Crippen molar-refractivity contribution >= 4 is 12.2 Å². The molecule has 0 aliphatic carbocycles. The second-order valence-corrected chi connectivity index (χ2v) is 1.87. The number of carbonyl (C=O) groups excluding carboxylic acids is 1. The molecule has 1 rings (SSSR count). The third kappa shape index (κ3) is 2.38. The Kier molecular flexibility index (Phi) is 4.67. The van der Waals surface area contributed by atoms with E-state index >= 15 is 0 Å². The van der Waals surface area contributed by atoms with Gasteiger partial charge in [-0.05, 0) is 6.08 Å². The Bertz CT molecular complexity index is 227. The summed E-state index contributed by atoms with van der Waals surface area (Å²) in [5, 5.41) is 11.5. The molecule has 0 aromatic heterocycles. The average molecular weight is 162 g/mol. The summed E-state index contributed by atoms with van der Waals surface area (Å²) in [5.74, 6) is -1.27. The topological polar surface area (TPSA) is 65.0 Å². The third-order valence-electron chi connectivity index (χ3n) is 1.25. The Balaban J connectivity index is 0.00000121. The largest absolute Gasteiger partial charge is 1.00 e. The van der Waals surface area contributed by atoms with Crippen LogP contribution in [-0.2, 0) is 9.63 Å². The van der Waals surface area contributed by atoms with Crippen LogP contribution >= 0.6 is 0 Å². The predicted molar refractivity (Wildman–Crippen MR) is 35.3 cm³/mol. The number of carboxylic acids is 1. The zero-order chi connectivity index (χ0) is 8.27. The van der Waals surface area contributed by atoms with Gasteiger partial charge in [0, 0.05) is 6.21 Å². The number of hydrogen-bond acceptors (Lipinski definition) is 5. The van der Waals surface area contributed by atoms with Gasteiger partial charge in [0.2, 0.25) is 0 Å². The van der Waals surface area contributed by atoms with Crippen LogP contribution in [0.3, 0.4) is 0 Å². The summed E-state index contributed by atoms with van der Waals surface area (Å²) in [7, 11) is 1.37. The molecule has 0 N–H and O–H groups in total. The number of rotatable bonds is 2. The van der Waals surface area contributed by atoms with Gasteiger partial charge in [0.05, 0.1) is 18.8 Å². The van der Waals surface area contributed by atoms with Gasteiger partial charge >= 0.3 is 18.9 Å². The van der Waals surface area contributed by atoms with Gasteiger partial charge in [0.1, 0.15) is 6.67 Å². The van der Waals surface area contributed by atoms with Crippen LogP contribution in [0.5, 0.6) is 0 Å². The molecule has 0 atom stereocenters. The van der Waals surface area contributed by atoms with Crippen molar-refractivity contribution in [3.8, 4) is 0 Å². The van der Waals surface area contributed by atoms with Gasteiger partial charge in [0.15, 0.2) is 0 Å². The van der Waals surface area contributed by atoms with Crippen molar-refractivity contribution in [2.75, 3.05) is 13.8 Å². The second kappa shape index (κ2) is 4.99. The molecular weight excluding hydrogens is 155 g/mol. The summed E-state index contributed by atoms with van der Waals surface area (Å²) in [6.45, 7) is 0.191. The van der Waals surface area contributed by atoms with Gasteiger partial charge in [-0.15, -0.1) is 0 Å². The van der Waals surface area contributed by atoms with E-state index in [0.717, 1.165) is 5.06 Å². The molecule has 0 saturated heterocycles. The second-order valence-electron chi connectivity index (χ2n) is 1.87. The number of aliphatic imine (C=N–C) groups is 1. The van der Waals surface area contributed by atoms with Crippen molar-refractivity contribution in [1.82, 2.24) is 5.06 Å². The van der Waals surface area contributed by atoms with Crippen LogP contribution < -0.4 is 24.0 Å². The third-order valence-corrected chi connectivity index (χ3v) is 1.25. The SMILES string of the molecule is CON1CN=CC=C1C(=O)[O-].[Li+]. The average Bonchev–Trinajstić information content (AvgIpc) is 2.04. The van der Waals surface area contributed by atoms with Crippen LogP contribution in [0.25, 0.3) is 0 Å². The quantitative estimate of drug-likeness (QED) is 0.384. The summed E-state index contributed by atoms with van der Waals surface area (Å²) in [6, 6.07) is 0. The molecule has 0 fully saturated rings. The number of hydroxylamine groups is 2. The fourth-order valence-corrected chi connectivity index (χ4v) is 0.730.